The second-order valence-corrected chi connectivity index (χ2v) is 32.7. The highest BCUT2D eigenvalue weighted by molar-refractivity contribution is 6.27. The molecule has 20 aromatic rings. The number of carbonyl (C=O) groups excluding carboxylic acids is 4. The Labute approximate surface area is 694 Å². The van der Waals surface area contributed by atoms with Crippen LogP contribution in [0.2, 0.25) is 0 Å². The summed E-state index contributed by atoms with van der Waals surface area (Å²) in [6, 6.07) is 104. The molecule has 20 aromatic carbocycles. The van der Waals surface area contributed by atoms with Gasteiger partial charge in [0.2, 0.25) is 0 Å². The molecule has 1 aliphatic rings. The molecule has 8 bridgehead atoms. The van der Waals surface area contributed by atoms with Crippen molar-refractivity contribution in [3.63, 3.8) is 0 Å². The molecule has 120 heavy (non-hydrogen) atoms. The first-order valence-corrected chi connectivity index (χ1v) is 42.2. The predicted octanol–water partition coefficient (Wildman–Crippen LogP) is 22.1. The van der Waals surface area contributed by atoms with E-state index in [0.29, 0.717) is 104 Å². The molecule has 0 atom stereocenters. The van der Waals surface area contributed by atoms with Crippen molar-refractivity contribution in [2.75, 3.05) is 26.2 Å². The highest BCUT2D eigenvalue weighted by Gasteiger charge is 2.24. The number of rotatable bonds is 20. The van der Waals surface area contributed by atoms with Crippen molar-refractivity contribution < 1.29 is 19.2 Å². The minimum absolute atomic E-state index is 0.239. The molecule has 0 spiro atoms. The van der Waals surface area contributed by atoms with E-state index < -0.39 is 0 Å². The van der Waals surface area contributed by atoms with E-state index in [1.807, 2.05) is 0 Å². The van der Waals surface area contributed by atoms with Gasteiger partial charge in [-0.25, -0.2) is 19.2 Å². The van der Waals surface area contributed by atoms with E-state index in [1.165, 1.54) is 108 Å². The van der Waals surface area contributed by atoms with Gasteiger partial charge in [-0.05, 0) is 270 Å². The summed E-state index contributed by atoms with van der Waals surface area (Å²) in [6.07, 6.45) is 4.61. The Morgan fingerprint density at radius 3 is 0.550 bits per heavy atom. The van der Waals surface area contributed by atoms with E-state index in [1.54, 1.807) is 0 Å². The van der Waals surface area contributed by atoms with Crippen LogP contribution < -0.4 is 42.5 Å². The predicted molar refractivity (Wildman–Crippen MR) is 493 cm³/mol. The number of hydrogen-bond donors (Lipinski definition) is 8. The molecule has 21 rings (SSSR count). The van der Waals surface area contributed by atoms with Crippen molar-refractivity contribution in [3.05, 3.63) is 380 Å². The Hall–Kier alpha value is -14.4. The van der Waals surface area contributed by atoms with Gasteiger partial charge < -0.3 is 42.5 Å². The monoisotopic (exact) mass is 1560 g/mol. The highest BCUT2D eigenvalue weighted by atomic mass is 16.2. The summed E-state index contributed by atoms with van der Waals surface area (Å²) < 4.78 is 0. The van der Waals surface area contributed by atoms with Crippen molar-refractivity contribution in [2.45, 2.75) is 77.5 Å². The van der Waals surface area contributed by atoms with Crippen molar-refractivity contribution in [1.82, 2.24) is 42.5 Å². The van der Waals surface area contributed by atoms with Crippen molar-refractivity contribution in [1.29, 1.82) is 0 Å². The minimum Gasteiger partial charge on any atom is -0.338 e. The van der Waals surface area contributed by atoms with Crippen LogP contribution in [0.15, 0.2) is 291 Å². The fourth-order valence-electron chi connectivity index (χ4n) is 20.1. The van der Waals surface area contributed by atoms with Crippen molar-refractivity contribution in [3.8, 4) is 0 Å². The maximum atomic E-state index is 14.3. The summed E-state index contributed by atoms with van der Waals surface area (Å²) in [7, 11) is 0. The van der Waals surface area contributed by atoms with Crippen molar-refractivity contribution >= 4 is 153 Å². The molecule has 584 valence electrons. The zero-order chi connectivity index (χ0) is 80.3. The fourth-order valence-corrected chi connectivity index (χ4v) is 20.1. The lowest BCUT2D eigenvalue weighted by molar-refractivity contribution is 0.240. The number of amides is 8. The molecule has 12 nitrogen and oxygen atoms in total. The summed E-state index contributed by atoms with van der Waals surface area (Å²) >= 11 is 0. The van der Waals surface area contributed by atoms with Gasteiger partial charge in [-0.1, -0.05) is 291 Å². The molecule has 0 saturated heterocycles. The van der Waals surface area contributed by atoms with Gasteiger partial charge in [0.1, 0.15) is 0 Å². The molecular weight excluding hydrogens is 1470 g/mol. The largest absolute Gasteiger partial charge is 0.338 e. The Morgan fingerprint density at radius 2 is 0.350 bits per heavy atom. The molecule has 0 aliphatic heterocycles. The van der Waals surface area contributed by atoms with E-state index in [2.05, 4.69) is 334 Å². The van der Waals surface area contributed by atoms with Crippen LogP contribution in [0.3, 0.4) is 0 Å². The second kappa shape index (κ2) is 31.3. The minimum atomic E-state index is -0.239. The number of benzene rings is 20. The van der Waals surface area contributed by atoms with Gasteiger partial charge in [0.25, 0.3) is 0 Å². The van der Waals surface area contributed by atoms with Gasteiger partial charge >= 0.3 is 24.1 Å². The van der Waals surface area contributed by atoms with Crippen molar-refractivity contribution in [2.24, 2.45) is 0 Å². The average molecular weight is 1560 g/mol. The van der Waals surface area contributed by atoms with Crippen LogP contribution in [0.4, 0.5) is 19.2 Å². The zero-order valence-electron chi connectivity index (χ0n) is 66.7. The molecule has 0 unspecified atom stereocenters. The maximum Gasteiger partial charge on any atom is 0.315 e. The Bertz CT molecular complexity index is 6410. The molecule has 1 aliphatic carbocycles. The SMILES string of the molecule is O=C(NCCc1c2cccc1Cc1cccc(c1CCNC(=O)NCc1ccc3ccc4cccc5ccc1c3c45)Cc1cccc(c1CCNC(=O)NCc1ccc3ccc4cccc5ccc1c3c45)Cc1cccc(c1CCNC(=O)NCc1ccc3ccc4cccc5ccc1c3c45)C2)NCc1ccc2ccc3cccc4ccc1c2c34. The van der Waals surface area contributed by atoms with Gasteiger partial charge in [0.15, 0.2) is 0 Å². The summed E-state index contributed by atoms with van der Waals surface area (Å²) in [5.74, 6) is 0. The van der Waals surface area contributed by atoms with E-state index in [0.717, 1.165) is 111 Å². The fraction of sp³-hybridized carbons (Fsp3) is 0.148. The van der Waals surface area contributed by atoms with Gasteiger partial charge in [0.05, 0.1) is 0 Å². The van der Waals surface area contributed by atoms with Crippen LogP contribution in [-0.2, 0) is 77.5 Å². The molecule has 0 heterocycles. The average Bonchev–Trinajstić information content (AvgIpc) is 0.753. The molecule has 0 saturated carbocycles. The lowest BCUT2D eigenvalue weighted by Gasteiger charge is -2.23. The van der Waals surface area contributed by atoms with Crippen LogP contribution in [0.25, 0.3) is 129 Å². The first-order valence-electron chi connectivity index (χ1n) is 42.2. The molecule has 0 fully saturated rings. The summed E-state index contributed by atoms with van der Waals surface area (Å²) in [4.78, 5) is 57.1. The third-order valence-corrected chi connectivity index (χ3v) is 25.9. The number of carbonyl (C=O) groups is 4. The third-order valence-electron chi connectivity index (χ3n) is 25.9. The van der Waals surface area contributed by atoms with E-state index >= 15 is 0 Å². The number of nitrogens with one attached hydrogen (secondary N) is 8. The van der Waals surface area contributed by atoms with Crippen LogP contribution in [0, 0.1) is 0 Å². The zero-order valence-corrected chi connectivity index (χ0v) is 66.7. The first kappa shape index (κ1) is 73.3. The van der Waals surface area contributed by atoms with E-state index in [4.69, 9.17) is 0 Å². The summed E-state index contributed by atoms with van der Waals surface area (Å²) in [6.45, 7) is 2.96. The second-order valence-electron chi connectivity index (χ2n) is 32.7. The molecule has 12 heteroatoms. The molecule has 0 radical (unpaired) electrons. The summed E-state index contributed by atoms with van der Waals surface area (Å²) in [5, 5.41) is 54.9. The number of hydrogen-bond acceptors (Lipinski definition) is 4. The lowest BCUT2D eigenvalue weighted by atomic mass is 9.83. The van der Waals surface area contributed by atoms with Crippen LogP contribution in [-0.4, -0.2) is 50.3 Å². The van der Waals surface area contributed by atoms with Gasteiger partial charge in [-0.2, -0.15) is 0 Å². The van der Waals surface area contributed by atoms with Crippen LogP contribution in [0.1, 0.15) is 89.0 Å². The van der Waals surface area contributed by atoms with Crippen LogP contribution >= 0.6 is 0 Å². The van der Waals surface area contributed by atoms with Gasteiger partial charge in [-0.3, -0.25) is 0 Å². The van der Waals surface area contributed by atoms with Gasteiger partial charge in [0, 0.05) is 52.4 Å². The Balaban J connectivity index is 0.591. The normalized spacial score (nSPS) is 12.4. The smallest absolute Gasteiger partial charge is 0.315 e. The Morgan fingerprint density at radius 1 is 0.183 bits per heavy atom. The van der Waals surface area contributed by atoms with E-state index in [-0.39, 0.29) is 24.1 Å². The molecule has 8 N–H and O–H groups in total. The maximum absolute atomic E-state index is 14.3. The number of urea groups is 4. The third kappa shape index (κ3) is 13.8. The lowest BCUT2D eigenvalue weighted by Crippen LogP contribution is -2.36. The highest BCUT2D eigenvalue weighted by Crippen LogP contribution is 2.42. The summed E-state index contributed by atoms with van der Waals surface area (Å²) in [5.41, 5.74) is 18.1. The quantitative estimate of drug-likeness (QED) is 0.0357. The standard InChI is InChI=1S/C108H88N8O4/c117-105(113-61-85-37-33-73-29-25-65-9-1-13-69-41-45-93(85)101(73)97(65)69)109-53-49-89-77-17-5-18-78(89)58-80-20-7-22-82(91(80)51-55-111-107(119)115-63-87-39-35-75-31-27-67-11-3-15-71-43-47-95(87)103(75)99(67)71)60-84-24-8-23-83(92(84)52-56-112-108(120)116-64-88-40-36-76-32-28-68-12-4-16-72-44-48-96(88)104(76)100(68)72)59-81-21-6-19-79(57-77)90(81)50-54-110-106(118)114-62-86-38-34-74-30-26-66-10-2-14-70-42-46-94(86)102(74)98(66)70/h1-48H,49-64H2,(H2,109,113,117)(H2,110,114,118)(H2,111,115,119)(H2,112,116,120). The first-order chi connectivity index (χ1) is 59.1. The van der Waals surface area contributed by atoms with Gasteiger partial charge in [-0.15, -0.1) is 0 Å². The molecule has 0 aromatic heterocycles. The van der Waals surface area contributed by atoms with E-state index in [9.17, 15) is 19.2 Å². The number of fused-ring (bicyclic) bond motifs is 8. The topological polar surface area (TPSA) is 165 Å². The van der Waals surface area contributed by atoms with Crippen LogP contribution in [0.5, 0.6) is 0 Å². The Kier molecular flexibility index (Phi) is 19.1. The molecular formula is C108H88N8O4. The molecule has 8 amide bonds.